The van der Waals surface area contributed by atoms with Crippen molar-refractivity contribution in [2.24, 2.45) is 0 Å². The lowest BCUT2D eigenvalue weighted by Crippen LogP contribution is -2.44. The van der Waals surface area contributed by atoms with Crippen LogP contribution in [0.2, 0.25) is 10.0 Å². The van der Waals surface area contributed by atoms with Crippen molar-refractivity contribution in [1.29, 1.82) is 0 Å². The molecule has 4 rings (SSSR count). The first kappa shape index (κ1) is 33.0. The molecule has 1 atom stereocenters. The molecule has 232 valence electrons. The molecule has 3 heterocycles. The average Bonchev–Trinajstić information content (AvgIpc) is 3.50. The minimum Gasteiger partial charge on any atom is -0.415 e. The predicted molar refractivity (Wildman–Crippen MR) is 146 cm³/mol. The second kappa shape index (κ2) is 11.9. The molecule has 0 saturated carbocycles. The van der Waals surface area contributed by atoms with Gasteiger partial charge < -0.3 is 9.52 Å². The van der Waals surface area contributed by atoms with E-state index in [1.54, 1.807) is 4.72 Å². The Balaban J connectivity index is 1.77. The Bertz CT molecular complexity index is 1560. The lowest BCUT2D eigenvalue weighted by Gasteiger charge is -2.32. The van der Waals surface area contributed by atoms with Gasteiger partial charge in [-0.2, -0.15) is 17.9 Å². The van der Waals surface area contributed by atoms with Crippen molar-refractivity contribution in [3.8, 4) is 21.3 Å². The van der Waals surface area contributed by atoms with Crippen LogP contribution in [0.25, 0.3) is 21.3 Å². The number of benzene rings is 1. The van der Waals surface area contributed by atoms with Crippen molar-refractivity contribution in [2.75, 3.05) is 13.1 Å². The number of rotatable bonds is 9. The molecule has 3 aromatic rings. The van der Waals surface area contributed by atoms with Crippen LogP contribution in [-0.2, 0) is 22.2 Å². The molecular weight excluding hydrogens is 652 g/mol. The minimum absolute atomic E-state index is 0.0484. The van der Waals surface area contributed by atoms with E-state index in [2.05, 4.69) is 15.2 Å². The van der Waals surface area contributed by atoms with Gasteiger partial charge in [-0.25, -0.2) is 22.2 Å². The van der Waals surface area contributed by atoms with Gasteiger partial charge in [-0.05, 0) is 39.3 Å². The van der Waals surface area contributed by atoms with Crippen molar-refractivity contribution >= 4 is 44.6 Å². The molecule has 42 heavy (non-hydrogen) atoms. The Morgan fingerprint density at radius 1 is 1.21 bits per heavy atom. The molecule has 1 aromatic carbocycles. The van der Waals surface area contributed by atoms with Crippen LogP contribution < -0.4 is 4.72 Å². The molecule has 2 N–H and O–H groups in total. The third-order valence-corrected chi connectivity index (χ3v) is 9.98. The zero-order valence-electron chi connectivity index (χ0n) is 22.4. The molecule has 0 aliphatic carbocycles. The number of piperidine rings is 1. The van der Waals surface area contributed by atoms with Gasteiger partial charge in [0.25, 0.3) is 11.8 Å². The molecule has 9 nitrogen and oxygen atoms in total. The summed E-state index contributed by atoms with van der Waals surface area (Å²) < 4.78 is 101. The van der Waals surface area contributed by atoms with Crippen LogP contribution in [0.15, 0.2) is 21.4 Å². The van der Waals surface area contributed by atoms with Crippen molar-refractivity contribution in [2.45, 2.75) is 75.2 Å². The van der Waals surface area contributed by atoms with Gasteiger partial charge in [0.2, 0.25) is 15.9 Å². The number of hydrogen-bond donors (Lipinski definition) is 2. The summed E-state index contributed by atoms with van der Waals surface area (Å²) in [5.41, 5.74) is -1.03. The van der Waals surface area contributed by atoms with Gasteiger partial charge in [0.1, 0.15) is 16.5 Å². The summed E-state index contributed by atoms with van der Waals surface area (Å²) in [6, 6.07) is -0.0933. The number of aliphatic hydroxyl groups is 1. The Morgan fingerprint density at radius 2 is 1.90 bits per heavy atom. The Hall–Kier alpha value is -1.95. The number of aromatic nitrogens is 3. The SMILES string of the molecule is CCC(NS(=O)(=O)c1ccc(-c2sc(-c3nnc(C(C)(C)O)o3)nc2CN2CCCC(F)(F)C2)c(Cl)c1Cl)C(F)(F)F. The molecular formula is C24H26Cl2F5N5O4S2. The summed E-state index contributed by atoms with van der Waals surface area (Å²) in [5.74, 6) is -3.07. The lowest BCUT2D eigenvalue weighted by molar-refractivity contribution is -0.151. The van der Waals surface area contributed by atoms with Gasteiger partial charge in [0.15, 0.2) is 5.01 Å². The summed E-state index contributed by atoms with van der Waals surface area (Å²) in [6.45, 7) is 3.84. The molecule has 1 aliphatic heterocycles. The van der Waals surface area contributed by atoms with Crippen LogP contribution >= 0.6 is 34.5 Å². The van der Waals surface area contributed by atoms with Gasteiger partial charge in [0, 0.05) is 18.5 Å². The zero-order chi connectivity index (χ0) is 31.3. The Kier molecular flexibility index (Phi) is 9.30. The molecule has 1 fully saturated rings. The highest BCUT2D eigenvalue weighted by molar-refractivity contribution is 7.89. The standard InChI is InChI=1S/C24H26Cl2F5N5O4S2/c1-4-15(24(29,30)31)35-42(38,39)14-7-6-12(16(25)17(14)26)18-13(10-36-9-5-8-23(27,28)11-36)32-20(41-18)19-33-34-21(40-19)22(2,3)37/h6-7,15,35,37H,4-5,8-11H2,1-3H3. The quantitative estimate of drug-likeness (QED) is 0.255. The summed E-state index contributed by atoms with van der Waals surface area (Å²) in [5, 5.41) is 17.2. The van der Waals surface area contributed by atoms with E-state index < -0.39 is 56.6 Å². The lowest BCUT2D eigenvalue weighted by atomic mass is 10.1. The molecule has 0 spiro atoms. The number of alkyl halides is 5. The minimum atomic E-state index is -4.84. The third-order valence-electron chi connectivity index (χ3n) is 6.36. The van der Waals surface area contributed by atoms with Gasteiger partial charge >= 0.3 is 6.18 Å². The van der Waals surface area contributed by atoms with Crippen molar-refractivity contribution in [3.63, 3.8) is 0 Å². The second-order valence-corrected chi connectivity index (χ2v) is 13.7. The van der Waals surface area contributed by atoms with E-state index >= 15 is 0 Å². The van der Waals surface area contributed by atoms with E-state index in [-0.39, 0.29) is 52.5 Å². The smallest absolute Gasteiger partial charge is 0.404 e. The fourth-order valence-corrected chi connectivity index (χ4v) is 7.51. The molecule has 0 radical (unpaired) electrons. The number of halogens is 7. The maximum absolute atomic E-state index is 14.1. The predicted octanol–water partition coefficient (Wildman–Crippen LogP) is 6.24. The van der Waals surface area contributed by atoms with Crippen LogP contribution in [0.5, 0.6) is 0 Å². The maximum atomic E-state index is 14.1. The molecule has 0 amide bonds. The molecule has 1 saturated heterocycles. The highest BCUT2D eigenvalue weighted by Crippen LogP contribution is 2.44. The van der Waals surface area contributed by atoms with Crippen molar-refractivity contribution < 1.29 is 39.9 Å². The number of sulfonamides is 1. The monoisotopic (exact) mass is 677 g/mol. The summed E-state index contributed by atoms with van der Waals surface area (Å²) >= 11 is 13.8. The van der Waals surface area contributed by atoms with Crippen LogP contribution in [0.3, 0.4) is 0 Å². The summed E-state index contributed by atoms with van der Waals surface area (Å²) in [4.78, 5) is 5.65. The van der Waals surface area contributed by atoms with E-state index in [1.165, 1.54) is 31.7 Å². The van der Waals surface area contributed by atoms with Crippen LogP contribution in [0.4, 0.5) is 22.0 Å². The molecule has 1 unspecified atom stereocenters. The number of nitrogens with one attached hydrogen (secondary N) is 1. The molecule has 1 aliphatic rings. The van der Waals surface area contributed by atoms with Gasteiger partial charge in [-0.1, -0.05) is 36.2 Å². The normalized spacial score (nSPS) is 17.5. The first-order valence-corrected chi connectivity index (χ1v) is 15.6. The molecule has 2 aromatic heterocycles. The van der Waals surface area contributed by atoms with E-state index in [1.807, 2.05) is 0 Å². The zero-order valence-corrected chi connectivity index (χ0v) is 25.5. The Labute approximate surface area is 252 Å². The highest BCUT2D eigenvalue weighted by atomic mass is 35.5. The Morgan fingerprint density at radius 3 is 2.48 bits per heavy atom. The first-order valence-electron chi connectivity index (χ1n) is 12.6. The van der Waals surface area contributed by atoms with E-state index in [4.69, 9.17) is 27.6 Å². The van der Waals surface area contributed by atoms with Crippen molar-refractivity contribution in [1.82, 2.24) is 24.8 Å². The number of nitrogens with zero attached hydrogens (tertiary/aromatic N) is 4. The van der Waals surface area contributed by atoms with E-state index in [9.17, 15) is 35.5 Å². The van der Waals surface area contributed by atoms with Crippen LogP contribution in [-0.4, -0.2) is 64.8 Å². The van der Waals surface area contributed by atoms with Crippen LogP contribution in [0, 0.1) is 0 Å². The fraction of sp³-hybridized carbons (Fsp3) is 0.542. The highest BCUT2D eigenvalue weighted by Gasteiger charge is 2.42. The molecule has 0 bridgehead atoms. The third kappa shape index (κ3) is 7.22. The van der Waals surface area contributed by atoms with Crippen LogP contribution in [0.1, 0.15) is 51.6 Å². The number of hydrogen-bond acceptors (Lipinski definition) is 9. The number of likely N-dealkylation sites (tertiary alicyclic amines) is 1. The summed E-state index contributed by atoms with van der Waals surface area (Å²) in [7, 11) is -4.75. The van der Waals surface area contributed by atoms with Gasteiger partial charge in [-0.3, -0.25) is 4.90 Å². The van der Waals surface area contributed by atoms with Gasteiger partial charge in [-0.15, -0.1) is 21.5 Å². The number of thiazole rings is 1. The average molecular weight is 679 g/mol. The summed E-state index contributed by atoms with van der Waals surface area (Å²) in [6.07, 6.45) is -5.39. The largest absolute Gasteiger partial charge is 0.415 e. The maximum Gasteiger partial charge on any atom is 0.404 e. The topological polar surface area (TPSA) is 121 Å². The van der Waals surface area contributed by atoms with Gasteiger partial charge in [0.05, 0.1) is 27.2 Å². The fourth-order valence-electron chi connectivity index (χ4n) is 4.26. The van der Waals surface area contributed by atoms with Crippen molar-refractivity contribution in [3.05, 3.63) is 33.8 Å². The van der Waals surface area contributed by atoms with E-state index in [0.717, 1.165) is 17.4 Å². The van der Waals surface area contributed by atoms with E-state index in [0.29, 0.717) is 11.4 Å². The molecule has 18 heteroatoms. The second-order valence-electron chi connectivity index (χ2n) is 10.3. The first-order chi connectivity index (χ1) is 19.3.